The van der Waals surface area contributed by atoms with Gasteiger partial charge in [0.15, 0.2) is 10.3 Å². The van der Waals surface area contributed by atoms with Crippen LogP contribution < -0.4 is 11.5 Å². The Morgan fingerprint density at radius 1 is 0.842 bits per heavy atom. The lowest BCUT2D eigenvalue weighted by Crippen LogP contribution is -2.11. The van der Waals surface area contributed by atoms with Crippen molar-refractivity contribution in [2.24, 2.45) is 21.5 Å². The van der Waals surface area contributed by atoms with Crippen molar-refractivity contribution in [2.45, 2.75) is 39.5 Å². The summed E-state index contributed by atoms with van der Waals surface area (Å²) < 4.78 is 0. The largest absolute Gasteiger partial charge is 0.379 e. The molecule has 0 aromatic rings. The Balaban J connectivity index is 0. The van der Waals surface area contributed by atoms with Gasteiger partial charge in [-0.1, -0.05) is 50.2 Å². The van der Waals surface area contributed by atoms with Gasteiger partial charge >= 0.3 is 0 Å². The Morgan fingerprint density at radius 2 is 1.21 bits per heavy atom. The molecule has 0 bridgehead atoms. The zero-order chi connectivity index (χ0) is 13.6. The fourth-order valence-corrected chi connectivity index (χ4v) is 2.53. The van der Waals surface area contributed by atoms with Crippen LogP contribution in [0.1, 0.15) is 39.5 Å². The molecule has 0 aromatic carbocycles. The SMILES string of the molecule is Br.CCCCN=C(N)SCCSC(N)=NCCCC. The predicted molar refractivity (Wildman–Crippen MR) is 98.0 cm³/mol. The van der Waals surface area contributed by atoms with Gasteiger partial charge in [0, 0.05) is 24.6 Å². The summed E-state index contributed by atoms with van der Waals surface area (Å²) >= 11 is 3.19. The molecule has 0 atom stereocenters. The number of nitrogens with two attached hydrogens (primary N) is 2. The number of rotatable bonds is 9. The van der Waals surface area contributed by atoms with Crippen molar-refractivity contribution in [3.05, 3.63) is 0 Å². The third kappa shape index (κ3) is 16.1. The molecule has 0 rings (SSSR count). The molecule has 0 spiro atoms. The van der Waals surface area contributed by atoms with E-state index in [0.29, 0.717) is 10.3 Å². The molecule has 4 N–H and O–H groups in total. The molecular formula is C12H27BrN4S2. The number of amidine groups is 2. The molecule has 7 heteroatoms. The molecule has 0 aromatic heterocycles. The van der Waals surface area contributed by atoms with Crippen LogP contribution >= 0.6 is 40.5 Å². The molecule has 0 radical (unpaired) electrons. The first kappa shape index (κ1) is 21.4. The van der Waals surface area contributed by atoms with Crippen molar-refractivity contribution in [1.29, 1.82) is 0 Å². The summed E-state index contributed by atoms with van der Waals surface area (Å²) in [5, 5.41) is 1.37. The first-order valence-corrected chi connectivity index (χ1v) is 8.53. The first-order chi connectivity index (χ1) is 8.70. The summed E-state index contributed by atoms with van der Waals surface area (Å²) in [5.74, 6) is 1.85. The maximum absolute atomic E-state index is 5.77. The highest BCUT2D eigenvalue weighted by Crippen LogP contribution is 2.07. The van der Waals surface area contributed by atoms with Gasteiger partial charge in [0.05, 0.1) is 0 Å². The Kier molecular flexibility index (Phi) is 18.2. The monoisotopic (exact) mass is 370 g/mol. The number of unbranched alkanes of at least 4 members (excludes halogenated alkanes) is 2. The van der Waals surface area contributed by atoms with Gasteiger partial charge in [0.25, 0.3) is 0 Å². The molecule has 0 saturated heterocycles. The number of aliphatic imine (C=N–C) groups is 2. The van der Waals surface area contributed by atoms with Crippen LogP contribution in [-0.4, -0.2) is 34.9 Å². The predicted octanol–water partition coefficient (Wildman–Crippen LogP) is 3.26. The van der Waals surface area contributed by atoms with Crippen LogP contribution in [0.5, 0.6) is 0 Å². The van der Waals surface area contributed by atoms with E-state index in [1.54, 1.807) is 23.5 Å². The van der Waals surface area contributed by atoms with Crippen LogP contribution in [0.25, 0.3) is 0 Å². The normalized spacial score (nSPS) is 12.3. The summed E-state index contributed by atoms with van der Waals surface area (Å²) in [4.78, 5) is 8.56. The van der Waals surface area contributed by atoms with Crippen LogP contribution in [-0.2, 0) is 0 Å². The zero-order valence-corrected chi connectivity index (χ0v) is 15.3. The minimum atomic E-state index is 0. The van der Waals surface area contributed by atoms with E-state index in [0.717, 1.165) is 50.3 Å². The average molecular weight is 371 g/mol. The smallest absolute Gasteiger partial charge is 0.153 e. The van der Waals surface area contributed by atoms with Crippen molar-refractivity contribution in [1.82, 2.24) is 0 Å². The van der Waals surface area contributed by atoms with Gasteiger partial charge < -0.3 is 11.5 Å². The van der Waals surface area contributed by atoms with Crippen molar-refractivity contribution in [3.8, 4) is 0 Å². The Bertz CT molecular complexity index is 234. The van der Waals surface area contributed by atoms with Crippen LogP contribution in [0.4, 0.5) is 0 Å². The van der Waals surface area contributed by atoms with E-state index >= 15 is 0 Å². The summed E-state index contributed by atoms with van der Waals surface area (Å²) in [6.45, 7) is 5.97. The van der Waals surface area contributed by atoms with E-state index in [4.69, 9.17) is 11.5 Å². The molecule has 4 nitrogen and oxygen atoms in total. The highest BCUT2D eigenvalue weighted by atomic mass is 79.9. The second kappa shape index (κ2) is 16.2. The third-order valence-electron chi connectivity index (χ3n) is 2.14. The molecule has 0 aliphatic carbocycles. The van der Waals surface area contributed by atoms with Gasteiger partial charge in [-0.2, -0.15) is 0 Å². The number of hydrogen-bond donors (Lipinski definition) is 2. The van der Waals surface area contributed by atoms with Gasteiger partial charge in [-0.05, 0) is 12.8 Å². The fraction of sp³-hybridized carbons (Fsp3) is 0.833. The Morgan fingerprint density at radius 3 is 1.53 bits per heavy atom. The minimum Gasteiger partial charge on any atom is -0.379 e. The van der Waals surface area contributed by atoms with E-state index in [9.17, 15) is 0 Å². The van der Waals surface area contributed by atoms with E-state index in [1.165, 1.54) is 0 Å². The zero-order valence-electron chi connectivity index (χ0n) is 11.9. The van der Waals surface area contributed by atoms with E-state index < -0.39 is 0 Å². The molecule has 0 unspecified atom stereocenters. The molecular weight excluding hydrogens is 344 g/mol. The topological polar surface area (TPSA) is 76.8 Å². The molecule has 0 amide bonds. The lowest BCUT2D eigenvalue weighted by atomic mass is 10.3. The highest BCUT2D eigenvalue weighted by Gasteiger charge is 1.97. The number of nitrogens with zero attached hydrogens (tertiary/aromatic N) is 2. The quantitative estimate of drug-likeness (QED) is 0.371. The Hall–Kier alpha value is 0.120. The summed E-state index contributed by atoms with van der Waals surface area (Å²) in [7, 11) is 0. The lowest BCUT2D eigenvalue weighted by molar-refractivity contribution is 0.809. The minimum absolute atomic E-state index is 0. The van der Waals surface area contributed by atoms with Crippen molar-refractivity contribution in [3.63, 3.8) is 0 Å². The standard InChI is InChI=1S/C12H26N4S2.BrH/c1-3-5-7-15-11(13)17-9-10-18-12(14)16-8-6-4-2;/h3-10H2,1-2H3,(H2,13,15)(H2,14,16);1H. The summed E-state index contributed by atoms with van der Waals surface area (Å²) in [6, 6.07) is 0. The molecule has 0 aliphatic rings. The van der Waals surface area contributed by atoms with Crippen LogP contribution in [0.2, 0.25) is 0 Å². The number of thioether (sulfide) groups is 2. The van der Waals surface area contributed by atoms with E-state index in [-0.39, 0.29) is 17.0 Å². The lowest BCUT2D eigenvalue weighted by Gasteiger charge is -2.02. The van der Waals surface area contributed by atoms with Crippen LogP contribution in [0.15, 0.2) is 9.98 Å². The van der Waals surface area contributed by atoms with Gasteiger partial charge in [-0.3, -0.25) is 9.98 Å². The molecule has 19 heavy (non-hydrogen) atoms. The van der Waals surface area contributed by atoms with E-state index in [1.807, 2.05) is 0 Å². The summed E-state index contributed by atoms with van der Waals surface area (Å²) in [6.07, 6.45) is 4.52. The van der Waals surface area contributed by atoms with Gasteiger partial charge in [0.2, 0.25) is 0 Å². The van der Waals surface area contributed by atoms with E-state index in [2.05, 4.69) is 23.8 Å². The number of halogens is 1. The van der Waals surface area contributed by atoms with Crippen molar-refractivity contribution >= 4 is 50.8 Å². The molecule has 114 valence electrons. The third-order valence-corrected chi connectivity index (χ3v) is 4.07. The average Bonchev–Trinajstić information content (AvgIpc) is 2.35. The van der Waals surface area contributed by atoms with Crippen LogP contribution in [0.3, 0.4) is 0 Å². The second-order valence-corrected chi connectivity index (χ2v) is 6.07. The fourth-order valence-electron chi connectivity index (χ4n) is 1.08. The van der Waals surface area contributed by atoms with Gasteiger partial charge in [0.1, 0.15) is 0 Å². The highest BCUT2D eigenvalue weighted by molar-refractivity contribution is 8.93. The first-order valence-electron chi connectivity index (χ1n) is 6.56. The molecule has 0 saturated carbocycles. The summed E-state index contributed by atoms with van der Waals surface area (Å²) in [5.41, 5.74) is 11.5. The maximum Gasteiger partial charge on any atom is 0.153 e. The van der Waals surface area contributed by atoms with Crippen LogP contribution in [0, 0.1) is 0 Å². The van der Waals surface area contributed by atoms with Crippen molar-refractivity contribution < 1.29 is 0 Å². The molecule has 0 fully saturated rings. The maximum atomic E-state index is 5.77. The Labute approximate surface area is 136 Å². The second-order valence-electron chi connectivity index (χ2n) is 3.84. The van der Waals surface area contributed by atoms with Crippen molar-refractivity contribution in [2.75, 3.05) is 24.6 Å². The number of hydrogen-bond acceptors (Lipinski definition) is 4. The van der Waals surface area contributed by atoms with Gasteiger partial charge in [-0.15, -0.1) is 17.0 Å². The molecule has 0 heterocycles. The molecule has 0 aliphatic heterocycles. The van der Waals surface area contributed by atoms with Gasteiger partial charge in [-0.25, -0.2) is 0 Å².